The van der Waals surface area contributed by atoms with Gasteiger partial charge in [0.2, 0.25) is 0 Å². The summed E-state index contributed by atoms with van der Waals surface area (Å²) in [6.07, 6.45) is 0. The Morgan fingerprint density at radius 2 is 1.60 bits per heavy atom. The van der Waals surface area contributed by atoms with Crippen LogP contribution >= 0.6 is 22.6 Å². The Hall–Kier alpha value is -1.23. The molecule has 0 aliphatic rings. The first kappa shape index (κ1) is 10.3. The zero-order chi connectivity index (χ0) is 10.7. The number of para-hydroxylation sites is 2. The highest BCUT2D eigenvalue weighted by Crippen LogP contribution is 2.29. The molecule has 76 valence electrons. The minimum atomic E-state index is 0.149. The molecule has 2 aromatic rings. The van der Waals surface area contributed by atoms with Crippen molar-refractivity contribution in [2.24, 2.45) is 0 Å². The first-order valence-electron chi connectivity index (χ1n) is 4.47. The van der Waals surface area contributed by atoms with Crippen molar-refractivity contribution in [3.05, 3.63) is 52.1 Å². The van der Waals surface area contributed by atoms with Gasteiger partial charge in [-0.05, 0) is 59.0 Å². The average Bonchev–Trinajstić information content (AvgIpc) is 2.25. The number of benzene rings is 2. The van der Waals surface area contributed by atoms with Crippen LogP contribution < -0.4 is 4.74 Å². The highest BCUT2D eigenvalue weighted by atomic mass is 127. The molecule has 0 aliphatic heterocycles. The summed E-state index contributed by atoms with van der Waals surface area (Å²) in [6.45, 7) is 0. The standard InChI is InChI=1S/C12H9IO2/c13-9-5-7-10(8-6-9)15-12-4-2-1-3-11(12)14/h1-8,14H. The third kappa shape index (κ3) is 2.62. The van der Waals surface area contributed by atoms with Crippen LogP contribution in [0, 0.1) is 3.57 Å². The van der Waals surface area contributed by atoms with Gasteiger partial charge in [0.05, 0.1) is 0 Å². The lowest BCUT2D eigenvalue weighted by Crippen LogP contribution is -1.84. The topological polar surface area (TPSA) is 29.5 Å². The molecule has 2 nitrogen and oxygen atoms in total. The summed E-state index contributed by atoms with van der Waals surface area (Å²) in [7, 11) is 0. The Balaban J connectivity index is 2.22. The molecule has 0 aromatic heterocycles. The van der Waals surface area contributed by atoms with Gasteiger partial charge >= 0.3 is 0 Å². The monoisotopic (exact) mass is 312 g/mol. The molecule has 1 N–H and O–H groups in total. The van der Waals surface area contributed by atoms with Gasteiger partial charge in [-0.1, -0.05) is 12.1 Å². The quantitative estimate of drug-likeness (QED) is 0.855. The van der Waals surface area contributed by atoms with Crippen LogP contribution in [0.4, 0.5) is 0 Å². The van der Waals surface area contributed by atoms with Crippen LogP contribution in [0.1, 0.15) is 0 Å². The summed E-state index contributed by atoms with van der Waals surface area (Å²) in [4.78, 5) is 0. The third-order valence-corrected chi connectivity index (χ3v) is 2.63. The molecule has 0 spiro atoms. The van der Waals surface area contributed by atoms with E-state index in [1.54, 1.807) is 18.2 Å². The lowest BCUT2D eigenvalue weighted by molar-refractivity contribution is 0.411. The molecule has 0 saturated heterocycles. The van der Waals surface area contributed by atoms with Gasteiger partial charge in [0.15, 0.2) is 11.5 Å². The van der Waals surface area contributed by atoms with E-state index in [4.69, 9.17) is 4.74 Å². The van der Waals surface area contributed by atoms with E-state index < -0.39 is 0 Å². The number of ether oxygens (including phenoxy) is 1. The molecule has 0 heterocycles. The van der Waals surface area contributed by atoms with Crippen molar-refractivity contribution in [2.75, 3.05) is 0 Å². The molecule has 0 saturated carbocycles. The minimum Gasteiger partial charge on any atom is -0.504 e. The lowest BCUT2D eigenvalue weighted by Gasteiger charge is -2.06. The molecular formula is C12H9IO2. The number of hydrogen-bond donors (Lipinski definition) is 1. The molecule has 0 radical (unpaired) electrons. The number of phenols is 1. The molecule has 0 aliphatic carbocycles. The Morgan fingerprint density at radius 3 is 2.27 bits per heavy atom. The largest absolute Gasteiger partial charge is 0.504 e. The van der Waals surface area contributed by atoms with Gasteiger partial charge in [-0.15, -0.1) is 0 Å². The van der Waals surface area contributed by atoms with Crippen molar-refractivity contribution >= 4 is 22.6 Å². The Morgan fingerprint density at radius 1 is 0.933 bits per heavy atom. The van der Waals surface area contributed by atoms with Crippen molar-refractivity contribution < 1.29 is 9.84 Å². The van der Waals surface area contributed by atoms with Gasteiger partial charge < -0.3 is 9.84 Å². The minimum absolute atomic E-state index is 0.149. The van der Waals surface area contributed by atoms with Crippen LogP contribution in [0.2, 0.25) is 0 Å². The molecule has 3 heteroatoms. The van der Waals surface area contributed by atoms with Gasteiger partial charge in [0, 0.05) is 3.57 Å². The van der Waals surface area contributed by atoms with Crippen LogP contribution in [0.15, 0.2) is 48.5 Å². The van der Waals surface area contributed by atoms with E-state index in [0.717, 1.165) is 9.32 Å². The van der Waals surface area contributed by atoms with Crippen molar-refractivity contribution in [1.29, 1.82) is 0 Å². The highest BCUT2D eigenvalue weighted by Gasteiger charge is 2.01. The molecule has 0 atom stereocenters. The predicted octanol–water partition coefficient (Wildman–Crippen LogP) is 3.79. The lowest BCUT2D eigenvalue weighted by atomic mass is 10.3. The molecule has 0 amide bonds. The van der Waals surface area contributed by atoms with Crippen LogP contribution in [0.5, 0.6) is 17.2 Å². The maximum atomic E-state index is 9.50. The summed E-state index contributed by atoms with van der Waals surface area (Å²) in [5.74, 6) is 1.34. The van der Waals surface area contributed by atoms with Gasteiger partial charge in [0.1, 0.15) is 5.75 Å². The Bertz CT molecular complexity index is 451. The molecule has 2 rings (SSSR count). The van der Waals surface area contributed by atoms with Crippen LogP contribution in [-0.4, -0.2) is 5.11 Å². The average molecular weight is 312 g/mol. The van der Waals surface area contributed by atoms with E-state index in [9.17, 15) is 5.11 Å². The zero-order valence-electron chi connectivity index (χ0n) is 7.85. The Labute approximate surface area is 102 Å². The molecule has 15 heavy (non-hydrogen) atoms. The van der Waals surface area contributed by atoms with Gasteiger partial charge in [-0.2, -0.15) is 0 Å². The SMILES string of the molecule is Oc1ccccc1Oc1ccc(I)cc1. The van der Waals surface area contributed by atoms with Gasteiger partial charge in [-0.25, -0.2) is 0 Å². The fourth-order valence-corrected chi connectivity index (χ4v) is 1.53. The smallest absolute Gasteiger partial charge is 0.169 e. The van der Waals surface area contributed by atoms with Crippen LogP contribution in [0.3, 0.4) is 0 Å². The first-order chi connectivity index (χ1) is 7.25. The predicted molar refractivity (Wildman–Crippen MR) is 67.3 cm³/mol. The molecule has 0 unspecified atom stereocenters. The van der Waals surface area contributed by atoms with E-state index in [2.05, 4.69) is 22.6 Å². The van der Waals surface area contributed by atoms with E-state index in [1.165, 1.54) is 0 Å². The fraction of sp³-hybridized carbons (Fsp3) is 0. The molecule has 0 fully saturated rings. The molecule has 2 aromatic carbocycles. The summed E-state index contributed by atoms with van der Waals surface area (Å²) in [5.41, 5.74) is 0. The first-order valence-corrected chi connectivity index (χ1v) is 5.55. The van der Waals surface area contributed by atoms with Gasteiger partial charge in [-0.3, -0.25) is 0 Å². The van der Waals surface area contributed by atoms with Crippen LogP contribution in [-0.2, 0) is 0 Å². The van der Waals surface area contributed by atoms with Crippen molar-refractivity contribution in [1.82, 2.24) is 0 Å². The van der Waals surface area contributed by atoms with Crippen molar-refractivity contribution in [3.8, 4) is 17.2 Å². The second-order valence-electron chi connectivity index (χ2n) is 3.02. The number of rotatable bonds is 2. The van der Waals surface area contributed by atoms with Crippen molar-refractivity contribution in [2.45, 2.75) is 0 Å². The summed E-state index contributed by atoms with van der Waals surface area (Å²) in [5, 5.41) is 9.50. The third-order valence-electron chi connectivity index (χ3n) is 1.91. The van der Waals surface area contributed by atoms with Gasteiger partial charge in [0.25, 0.3) is 0 Å². The number of hydrogen-bond acceptors (Lipinski definition) is 2. The molecular weight excluding hydrogens is 303 g/mol. The van der Waals surface area contributed by atoms with E-state index in [1.807, 2.05) is 30.3 Å². The highest BCUT2D eigenvalue weighted by molar-refractivity contribution is 14.1. The summed E-state index contributed by atoms with van der Waals surface area (Å²) in [6, 6.07) is 14.6. The van der Waals surface area contributed by atoms with E-state index >= 15 is 0 Å². The maximum Gasteiger partial charge on any atom is 0.169 e. The summed E-state index contributed by atoms with van der Waals surface area (Å²) < 4.78 is 6.66. The number of halogens is 1. The summed E-state index contributed by atoms with van der Waals surface area (Å²) >= 11 is 2.23. The second-order valence-corrected chi connectivity index (χ2v) is 4.27. The normalized spacial score (nSPS) is 9.93. The van der Waals surface area contributed by atoms with E-state index in [-0.39, 0.29) is 5.75 Å². The maximum absolute atomic E-state index is 9.50. The zero-order valence-corrected chi connectivity index (χ0v) is 10.0. The number of aromatic hydroxyl groups is 1. The van der Waals surface area contributed by atoms with E-state index in [0.29, 0.717) is 5.75 Å². The second kappa shape index (κ2) is 4.53. The fourth-order valence-electron chi connectivity index (χ4n) is 1.17. The van der Waals surface area contributed by atoms with Crippen molar-refractivity contribution in [3.63, 3.8) is 0 Å². The number of phenolic OH excluding ortho intramolecular Hbond substituents is 1. The Kier molecular flexibility index (Phi) is 3.11. The molecule has 0 bridgehead atoms. The van der Waals surface area contributed by atoms with Crippen LogP contribution in [0.25, 0.3) is 0 Å².